The summed E-state index contributed by atoms with van der Waals surface area (Å²) in [5.74, 6) is 0.856. The van der Waals surface area contributed by atoms with Crippen molar-refractivity contribution in [3.05, 3.63) is 36.0 Å². The van der Waals surface area contributed by atoms with E-state index in [9.17, 15) is 4.79 Å². The van der Waals surface area contributed by atoms with Gasteiger partial charge in [0.2, 0.25) is 5.91 Å². The van der Waals surface area contributed by atoms with E-state index in [-0.39, 0.29) is 18.1 Å². The van der Waals surface area contributed by atoms with E-state index < -0.39 is 0 Å². The van der Waals surface area contributed by atoms with Gasteiger partial charge in [0.1, 0.15) is 12.4 Å². The zero-order valence-electron chi connectivity index (χ0n) is 14.5. The SMILES string of the molecule is CCOc1ccc2nc(CN3CCC4(CNC(=O)CO4)C3)ccc2c1. The van der Waals surface area contributed by atoms with Crippen LogP contribution in [0.15, 0.2) is 30.3 Å². The van der Waals surface area contributed by atoms with Crippen molar-refractivity contribution in [3.63, 3.8) is 0 Å². The van der Waals surface area contributed by atoms with Gasteiger partial charge >= 0.3 is 0 Å². The highest BCUT2D eigenvalue weighted by atomic mass is 16.5. The van der Waals surface area contributed by atoms with E-state index in [1.54, 1.807) is 0 Å². The first kappa shape index (κ1) is 16.3. The number of amides is 1. The lowest BCUT2D eigenvalue weighted by molar-refractivity contribution is -0.142. The predicted octanol–water partition coefficient (Wildman–Crippen LogP) is 1.72. The van der Waals surface area contributed by atoms with Crippen molar-refractivity contribution in [1.29, 1.82) is 0 Å². The molecule has 2 fully saturated rings. The van der Waals surface area contributed by atoms with E-state index in [2.05, 4.69) is 22.3 Å². The molecule has 1 N–H and O–H groups in total. The van der Waals surface area contributed by atoms with Crippen molar-refractivity contribution < 1.29 is 14.3 Å². The molecule has 25 heavy (non-hydrogen) atoms. The zero-order valence-corrected chi connectivity index (χ0v) is 14.5. The molecular formula is C19H23N3O3. The first-order chi connectivity index (χ1) is 12.2. The average Bonchev–Trinajstić information content (AvgIpc) is 3.01. The number of morpholine rings is 1. The molecule has 6 nitrogen and oxygen atoms in total. The monoisotopic (exact) mass is 341 g/mol. The molecule has 0 bridgehead atoms. The number of carbonyl (C=O) groups is 1. The summed E-state index contributed by atoms with van der Waals surface area (Å²) < 4.78 is 11.4. The van der Waals surface area contributed by atoms with E-state index in [4.69, 9.17) is 14.5 Å². The zero-order chi connectivity index (χ0) is 17.3. The van der Waals surface area contributed by atoms with Gasteiger partial charge < -0.3 is 14.8 Å². The number of fused-ring (bicyclic) bond motifs is 1. The summed E-state index contributed by atoms with van der Waals surface area (Å²) in [4.78, 5) is 18.4. The predicted molar refractivity (Wildman–Crippen MR) is 94.5 cm³/mol. The summed E-state index contributed by atoms with van der Waals surface area (Å²) in [5.41, 5.74) is 1.81. The fourth-order valence-corrected chi connectivity index (χ4v) is 3.62. The van der Waals surface area contributed by atoms with Crippen LogP contribution in [0.3, 0.4) is 0 Å². The fourth-order valence-electron chi connectivity index (χ4n) is 3.62. The van der Waals surface area contributed by atoms with Crippen LogP contribution in [-0.4, -0.2) is 54.2 Å². The maximum Gasteiger partial charge on any atom is 0.246 e. The minimum Gasteiger partial charge on any atom is -0.494 e. The minimum atomic E-state index is -0.225. The molecule has 2 saturated heterocycles. The first-order valence-corrected chi connectivity index (χ1v) is 8.81. The highest BCUT2D eigenvalue weighted by Crippen LogP contribution is 2.28. The molecule has 3 heterocycles. The molecule has 0 saturated carbocycles. The molecule has 0 aliphatic carbocycles. The lowest BCUT2D eigenvalue weighted by Crippen LogP contribution is -2.53. The van der Waals surface area contributed by atoms with E-state index >= 15 is 0 Å². The highest BCUT2D eigenvalue weighted by molar-refractivity contribution is 5.80. The summed E-state index contributed by atoms with van der Waals surface area (Å²) >= 11 is 0. The number of rotatable bonds is 4. The molecule has 132 valence electrons. The number of likely N-dealkylation sites (tertiary alicyclic amines) is 1. The van der Waals surface area contributed by atoms with Crippen molar-refractivity contribution in [2.24, 2.45) is 0 Å². The number of benzene rings is 1. The van der Waals surface area contributed by atoms with Crippen LogP contribution < -0.4 is 10.1 Å². The Morgan fingerprint density at radius 2 is 2.28 bits per heavy atom. The smallest absolute Gasteiger partial charge is 0.246 e. The summed E-state index contributed by atoms with van der Waals surface area (Å²) in [6.45, 7) is 6.00. The van der Waals surface area contributed by atoms with Gasteiger partial charge in [-0.3, -0.25) is 14.7 Å². The molecule has 1 atom stereocenters. The first-order valence-electron chi connectivity index (χ1n) is 8.81. The molecule has 0 radical (unpaired) electrons. The Labute approximate surface area is 147 Å². The molecule has 4 rings (SSSR count). The molecule has 1 spiro atoms. The molecular weight excluding hydrogens is 318 g/mol. The molecule has 2 aromatic rings. The molecule has 1 aromatic heterocycles. The lowest BCUT2D eigenvalue weighted by Gasteiger charge is -2.33. The molecule has 1 amide bonds. The minimum absolute atomic E-state index is 0.0216. The molecule has 1 aromatic carbocycles. The fraction of sp³-hybridized carbons (Fsp3) is 0.474. The number of carbonyl (C=O) groups excluding carboxylic acids is 1. The van der Waals surface area contributed by atoms with Crippen LogP contribution in [0.4, 0.5) is 0 Å². The Morgan fingerprint density at radius 1 is 1.36 bits per heavy atom. The third kappa shape index (κ3) is 3.45. The lowest BCUT2D eigenvalue weighted by atomic mass is 10.0. The van der Waals surface area contributed by atoms with Crippen molar-refractivity contribution in [2.75, 3.05) is 32.8 Å². The van der Waals surface area contributed by atoms with Gasteiger partial charge in [-0.25, -0.2) is 0 Å². The van der Waals surface area contributed by atoms with Gasteiger partial charge in [0.05, 0.1) is 23.4 Å². The number of pyridine rings is 1. The summed E-state index contributed by atoms with van der Waals surface area (Å²) in [6.07, 6.45) is 0.943. The maximum atomic E-state index is 11.3. The largest absolute Gasteiger partial charge is 0.494 e. The van der Waals surface area contributed by atoms with Gasteiger partial charge in [0.15, 0.2) is 0 Å². The second kappa shape index (κ2) is 6.61. The van der Waals surface area contributed by atoms with E-state index in [1.165, 1.54) is 0 Å². The van der Waals surface area contributed by atoms with Crippen molar-refractivity contribution in [2.45, 2.75) is 25.5 Å². The maximum absolute atomic E-state index is 11.3. The topological polar surface area (TPSA) is 63.7 Å². The quantitative estimate of drug-likeness (QED) is 0.917. The second-order valence-corrected chi connectivity index (χ2v) is 6.80. The standard InChI is InChI=1S/C19H23N3O3/c1-2-24-16-5-6-17-14(9-16)3-4-15(21-17)10-22-8-7-19(13-22)12-20-18(23)11-25-19/h3-6,9H,2,7-8,10-13H2,1H3,(H,20,23). The Morgan fingerprint density at radius 3 is 3.08 bits per heavy atom. The normalized spacial score (nSPS) is 24.0. The van der Waals surface area contributed by atoms with Crippen LogP contribution in [0.1, 0.15) is 19.0 Å². The molecule has 2 aliphatic rings. The summed E-state index contributed by atoms with van der Waals surface area (Å²) in [7, 11) is 0. The van der Waals surface area contributed by atoms with Crippen LogP contribution in [0, 0.1) is 0 Å². The molecule has 1 unspecified atom stereocenters. The van der Waals surface area contributed by atoms with Crippen molar-refractivity contribution in [1.82, 2.24) is 15.2 Å². The van der Waals surface area contributed by atoms with Crippen LogP contribution in [0.25, 0.3) is 10.9 Å². The van der Waals surface area contributed by atoms with E-state index in [0.29, 0.717) is 13.2 Å². The number of nitrogens with one attached hydrogen (secondary N) is 1. The summed E-state index contributed by atoms with van der Waals surface area (Å²) in [5, 5.41) is 4.01. The van der Waals surface area contributed by atoms with Crippen molar-refractivity contribution >= 4 is 16.8 Å². The van der Waals surface area contributed by atoms with Crippen LogP contribution in [-0.2, 0) is 16.1 Å². The average molecular weight is 341 g/mol. The van der Waals surface area contributed by atoms with Crippen molar-refractivity contribution in [3.8, 4) is 5.75 Å². The number of aromatic nitrogens is 1. The Kier molecular flexibility index (Phi) is 4.31. The summed E-state index contributed by atoms with van der Waals surface area (Å²) in [6, 6.07) is 10.2. The van der Waals surface area contributed by atoms with Crippen LogP contribution in [0.2, 0.25) is 0 Å². The Bertz CT molecular complexity index is 783. The van der Waals surface area contributed by atoms with Gasteiger partial charge in [0.25, 0.3) is 0 Å². The number of ether oxygens (including phenoxy) is 2. The number of hydrogen-bond donors (Lipinski definition) is 1. The van der Waals surface area contributed by atoms with Crippen LogP contribution in [0.5, 0.6) is 5.75 Å². The van der Waals surface area contributed by atoms with Gasteiger partial charge in [-0.2, -0.15) is 0 Å². The third-order valence-electron chi connectivity index (χ3n) is 4.93. The van der Waals surface area contributed by atoms with Gasteiger partial charge in [-0.1, -0.05) is 6.07 Å². The Balaban J connectivity index is 1.44. The second-order valence-electron chi connectivity index (χ2n) is 6.80. The molecule has 2 aliphatic heterocycles. The van der Waals surface area contributed by atoms with Gasteiger partial charge in [-0.15, -0.1) is 0 Å². The third-order valence-corrected chi connectivity index (χ3v) is 4.93. The molecule has 6 heteroatoms. The number of hydrogen-bond acceptors (Lipinski definition) is 5. The highest BCUT2D eigenvalue weighted by Gasteiger charge is 2.42. The van der Waals surface area contributed by atoms with E-state index in [0.717, 1.165) is 48.4 Å². The van der Waals surface area contributed by atoms with Gasteiger partial charge in [0, 0.05) is 31.6 Å². The van der Waals surface area contributed by atoms with Crippen LogP contribution >= 0.6 is 0 Å². The van der Waals surface area contributed by atoms with Gasteiger partial charge in [-0.05, 0) is 37.6 Å². The Hall–Kier alpha value is -2.18. The number of nitrogens with zero attached hydrogens (tertiary/aromatic N) is 2. The van der Waals surface area contributed by atoms with E-state index in [1.807, 2.05) is 25.1 Å².